The smallest absolute Gasteiger partial charge is 0.379 e. The number of morpholine rings is 1. The lowest BCUT2D eigenvalue weighted by atomic mass is 10.0. The number of benzene rings is 1. The Kier molecular flexibility index (Phi) is 4.99. The van der Waals surface area contributed by atoms with Crippen LogP contribution >= 0.6 is 0 Å². The second kappa shape index (κ2) is 7.82. The van der Waals surface area contributed by atoms with Crippen LogP contribution in [-0.2, 0) is 17.5 Å². The Hall–Kier alpha value is -3.17. The van der Waals surface area contributed by atoms with E-state index in [1.165, 1.54) is 12.1 Å². The molecule has 3 aromatic heterocycles. The minimum Gasteiger partial charge on any atom is -0.379 e. The lowest BCUT2D eigenvalue weighted by molar-refractivity contribution is -0.137. The van der Waals surface area contributed by atoms with Gasteiger partial charge in [-0.3, -0.25) is 14.4 Å². The molecular formula is C22H20F3N5O. The first-order valence-corrected chi connectivity index (χ1v) is 9.99. The zero-order valence-corrected chi connectivity index (χ0v) is 16.6. The summed E-state index contributed by atoms with van der Waals surface area (Å²) in [6, 6.07) is 12.9. The largest absolute Gasteiger partial charge is 0.417 e. The van der Waals surface area contributed by atoms with Gasteiger partial charge in [0.1, 0.15) is 5.69 Å². The van der Waals surface area contributed by atoms with Crippen molar-refractivity contribution in [1.29, 1.82) is 0 Å². The van der Waals surface area contributed by atoms with Gasteiger partial charge in [0.25, 0.3) is 0 Å². The molecule has 6 nitrogen and oxygen atoms in total. The van der Waals surface area contributed by atoms with Crippen LogP contribution in [0.15, 0.2) is 54.7 Å². The number of aromatic amines is 1. The highest BCUT2D eigenvalue weighted by atomic mass is 19.4. The van der Waals surface area contributed by atoms with Gasteiger partial charge in [0.2, 0.25) is 0 Å². The standard InChI is InChI=1S/C22H20F3N5O/c23-22(24,25)16-6-2-1-5-15(16)17-13-18(28-27-17)21-26-19(14-29-9-11-31-12-10-29)20-7-3-4-8-30(20)21/h1-8,13H,9-12,14H2,(H,27,28). The number of hydrogen-bond acceptors (Lipinski definition) is 4. The Bertz CT molecular complexity index is 1210. The van der Waals surface area contributed by atoms with Crippen molar-refractivity contribution in [3.8, 4) is 22.8 Å². The van der Waals surface area contributed by atoms with E-state index in [4.69, 9.17) is 9.72 Å². The Labute approximate surface area is 176 Å². The number of nitrogens with one attached hydrogen (secondary N) is 1. The summed E-state index contributed by atoms with van der Waals surface area (Å²) >= 11 is 0. The quantitative estimate of drug-likeness (QED) is 0.529. The highest BCUT2D eigenvalue weighted by Crippen LogP contribution is 2.37. The number of hydrogen-bond donors (Lipinski definition) is 1. The zero-order chi connectivity index (χ0) is 21.4. The van der Waals surface area contributed by atoms with Gasteiger partial charge in [-0.1, -0.05) is 24.3 Å². The van der Waals surface area contributed by atoms with Crippen LogP contribution in [0.5, 0.6) is 0 Å². The molecule has 1 aliphatic heterocycles. The van der Waals surface area contributed by atoms with Gasteiger partial charge in [0.15, 0.2) is 5.82 Å². The number of fused-ring (bicyclic) bond motifs is 1. The van der Waals surface area contributed by atoms with E-state index >= 15 is 0 Å². The Balaban J connectivity index is 1.54. The second-order valence-corrected chi connectivity index (χ2v) is 7.44. The second-order valence-electron chi connectivity index (χ2n) is 7.44. The third-order valence-electron chi connectivity index (χ3n) is 5.43. The fraction of sp³-hybridized carbons (Fsp3) is 0.273. The van der Waals surface area contributed by atoms with Gasteiger partial charge in [-0.05, 0) is 24.3 Å². The van der Waals surface area contributed by atoms with E-state index in [9.17, 15) is 13.2 Å². The van der Waals surface area contributed by atoms with Gasteiger partial charge >= 0.3 is 6.18 Å². The summed E-state index contributed by atoms with van der Waals surface area (Å²) in [4.78, 5) is 7.10. The molecule has 1 aliphatic rings. The van der Waals surface area contributed by atoms with Crippen LogP contribution in [0.25, 0.3) is 28.3 Å². The first-order chi connectivity index (χ1) is 15.0. The maximum atomic E-state index is 13.4. The molecule has 4 aromatic rings. The van der Waals surface area contributed by atoms with Crippen LogP contribution in [0.3, 0.4) is 0 Å². The zero-order valence-electron chi connectivity index (χ0n) is 16.6. The van der Waals surface area contributed by atoms with E-state index in [-0.39, 0.29) is 11.3 Å². The number of nitrogens with zero attached hydrogens (tertiary/aromatic N) is 4. The molecule has 5 rings (SSSR count). The molecule has 0 amide bonds. The monoisotopic (exact) mass is 427 g/mol. The Morgan fingerprint density at radius 3 is 2.61 bits per heavy atom. The number of rotatable bonds is 4. The van der Waals surface area contributed by atoms with Gasteiger partial charge < -0.3 is 4.74 Å². The van der Waals surface area contributed by atoms with E-state index in [1.807, 2.05) is 28.8 Å². The third kappa shape index (κ3) is 3.82. The third-order valence-corrected chi connectivity index (χ3v) is 5.43. The summed E-state index contributed by atoms with van der Waals surface area (Å²) in [6.45, 7) is 3.74. The van der Waals surface area contributed by atoms with Crippen molar-refractivity contribution >= 4 is 5.52 Å². The topological polar surface area (TPSA) is 58.5 Å². The molecule has 1 N–H and O–H groups in total. The molecule has 0 aliphatic carbocycles. The molecule has 160 valence electrons. The highest BCUT2D eigenvalue weighted by molar-refractivity contribution is 5.70. The predicted molar refractivity (Wildman–Crippen MR) is 109 cm³/mol. The SMILES string of the molecule is FC(F)(F)c1ccccc1-c1cc(-c2nc(CN3CCOCC3)c3ccccn23)[nH]n1. The molecule has 4 heterocycles. The van der Waals surface area contributed by atoms with E-state index in [0.717, 1.165) is 30.4 Å². The maximum Gasteiger partial charge on any atom is 0.417 e. The first-order valence-electron chi connectivity index (χ1n) is 9.99. The summed E-state index contributed by atoms with van der Waals surface area (Å²) in [7, 11) is 0. The molecule has 1 saturated heterocycles. The number of imidazole rings is 1. The van der Waals surface area contributed by atoms with Crippen molar-refractivity contribution in [2.45, 2.75) is 12.7 Å². The normalized spacial score (nSPS) is 15.6. The van der Waals surface area contributed by atoms with Gasteiger partial charge in [0.05, 0.1) is 35.7 Å². The predicted octanol–water partition coefficient (Wildman–Crippen LogP) is 4.24. The van der Waals surface area contributed by atoms with Crippen molar-refractivity contribution in [2.24, 2.45) is 0 Å². The number of H-pyrrole nitrogens is 1. The molecule has 1 aromatic carbocycles. The molecule has 0 spiro atoms. The van der Waals surface area contributed by atoms with Crippen molar-refractivity contribution in [3.63, 3.8) is 0 Å². The summed E-state index contributed by atoms with van der Waals surface area (Å²) in [6.07, 6.45) is -2.56. The van der Waals surface area contributed by atoms with Crippen LogP contribution < -0.4 is 0 Å². The maximum absolute atomic E-state index is 13.4. The number of halogens is 3. The summed E-state index contributed by atoms with van der Waals surface area (Å²) in [5.41, 5.74) is 1.97. The number of ether oxygens (including phenoxy) is 1. The summed E-state index contributed by atoms with van der Waals surface area (Å²) < 4.78 is 47.6. The summed E-state index contributed by atoms with van der Waals surface area (Å²) in [5, 5.41) is 7.04. The van der Waals surface area contributed by atoms with E-state index < -0.39 is 11.7 Å². The van der Waals surface area contributed by atoms with Gasteiger partial charge in [-0.15, -0.1) is 0 Å². The van der Waals surface area contributed by atoms with E-state index in [2.05, 4.69) is 15.1 Å². The minimum absolute atomic E-state index is 0.0342. The molecule has 0 unspecified atom stereocenters. The highest BCUT2D eigenvalue weighted by Gasteiger charge is 2.34. The number of aromatic nitrogens is 4. The molecule has 0 atom stereocenters. The van der Waals surface area contributed by atoms with Crippen LogP contribution in [0.1, 0.15) is 11.3 Å². The molecule has 1 fully saturated rings. The number of pyridine rings is 1. The van der Waals surface area contributed by atoms with Crippen LogP contribution in [0.4, 0.5) is 13.2 Å². The summed E-state index contributed by atoms with van der Waals surface area (Å²) in [5.74, 6) is 0.613. The van der Waals surface area contributed by atoms with Crippen molar-refractivity contribution in [2.75, 3.05) is 26.3 Å². The van der Waals surface area contributed by atoms with E-state index in [0.29, 0.717) is 31.3 Å². The molecule has 0 radical (unpaired) electrons. The van der Waals surface area contributed by atoms with Gasteiger partial charge in [0, 0.05) is 31.4 Å². The fourth-order valence-electron chi connectivity index (χ4n) is 3.91. The average molecular weight is 427 g/mol. The lowest BCUT2D eigenvalue weighted by Gasteiger charge is -2.25. The molecule has 0 saturated carbocycles. The van der Waals surface area contributed by atoms with Crippen molar-refractivity contribution in [3.05, 3.63) is 66.0 Å². The lowest BCUT2D eigenvalue weighted by Crippen LogP contribution is -2.35. The average Bonchev–Trinajstić information content (AvgIpc) is 3.39. The van der Waals surface area contributed by atoms with Crippen molar-refractivity contribution < 1.29 is 17.9 Å². The molecule has 0 bridgehead atoms. The number of alkyl halides is 3. The van der Waals surface area contributed by atoms with Crippen LogP contribution in [0, 0.1) is 0 Å². The minimum atomic E-state index is -4.46. The Morgan fingerprint density at radius 1 is 1.03 bits per heavy atom. The van der Waals surface area contributed by atoms with Crippen LogP contribution in [-0.4, -0.2) is 50.8 Å². The fourth-order valence-corrected chi connectivity index (χ4v) is 3.91. The van der Waals surface area contributed by atoms with Crippen LogP contribution in [0.2, 0.25) is 0 Å². The van der Waals surface area contributed by atoms with E-state index in [1.54, 1.807) is 12.1 Å². The van der Waals surface area contributed by atoms with Gasteiger partial charge in [-0.25, -0.2) is 4.98 Å². The molecular weight excluding hydrogens is 407 g/mol. The molecule has 9 heteroatoms. The first kappa shape index (κ1) is 19.8. The van der Waals surface area contributed by atoms with Gasteiger partial charge in [-0.2, -0.15) is 18.3 Å². The van der Waals surface area contributed by atoms with Crippen molar-refractivity contribution in [1.82, 2.24) is 24.5 Å². The molecule has 31 heavy (non-hydrogen) atoms. The Morgan fingerprint density at radius 2 is 1.81 bits per heavy atom.